The van der Waals surface area contributed by atoms with Gasteiger partial charge in [-0.2, -0.15) is 5.10 Å². The first-order valence-corrected chi connectivity index (χ1v) is 7.97. The molecule has 0 unspecified atom stereocenters. The van der Waals surface area contributed by atoms with Gasteiger partial charge in [0.2, 0.25) is 0 Å². The second kappa shape index (κ2) is 7.23. The molecule has 0 atom stereocenters. The molecule has 2 amide bonds. The molecule has 1 saturated heterocycles. The van der Waals surface area contributed by atoms with Gasteiger partial charge in [-0.1, -0.05) is 13.0 Å². The van der Waals surface area contributed by atoms with Crippen LogP contribution in [-0.2, 0) is 6.54 Å². The van der Waals surface area contributed by atoms with E-state index in [9.17, 15) is 4.79 Å². The Morgan fingerprint density at radius 3 is 2.74 bits per heavy atom. The first kappa shape index (κ1) is 15.5. The number of hydrogen-bond acceptors (Lipinski definition) is 4. The zero-order valence-corrected chi connectivity index (χ0v) is 13.4. The van der Waals surface area contributed by atoms with Crippen LogP contribution in [0.2, 0.25) is 0 Å². The molecule has 0 bridgehead atoms. The standard InChI is InChI=1S/C16H22N6O/c1-2-20-9-11-21(12-10-20)16(23)18-13-14-5-3-6-17-15(14)22-8-4-7-19-22/h3-8H,2,9-13H2,1H3,(H,18,23). The predicted octanol–water partition coefficient (Wildman–Crippen LogP) is 1.11. The number of nitrogens with one attached hydrogen (secondary N) is 1. The molecule has 0 spiro atoms. The second-order valence-electron chi connectivity index (χ2n) is 5.52. The molecule has 0 saturated carbocycles. The van der Waals surface area contributed by atoms with E-state index in [1.807, 2.05) is 29.3 Å². The fourth-order valence-electron chi connectivity index (χ4n) is 2.72. The van der Waals surface area contributed by atoms with Gasteiger partial charge in [0.15, 0.2) is 5.82 Å². The van der Waals surface area contributed by atoms with Crippen molar-refractivity contribution < 1.29 is 4.79 Å². The Balaban J connectivity index is 1.60. The van der Waals surface area contributed by atoms with Crippen LogP contribution in [0.15, 0.2) is 36.8 Å². The summed E-state index contributed by atoms with van der Waals surface area (Å²) >= 11 is 0. The molecule has 7 heteroatoms. The fourth-order valence-corrected chi connectivity index (χ4v) is 2.72. The van der Waals surface area contributed by atoms with Crippen molar-refractivity contribution in [3.05, 3.63) is 42.4 Å². The van der Waals surface area contributed by atoms with Gasteiger partial charge in [-0.3, -0.25) is 0 Å². The minimum Gasteiger partial charge on any atom is -0.334 e. The van der Waals surface area contributed by atoms with Crippen LogP contribution in [0.4, 0.5) is 4.79 Å². The summed E-state index contributed by atoms with van der Waals surface area (Å²) in [6.07, 6.45) is 5.29. The predicted molar refractivity (Wildman–Crippen MR) is 87.3 cm³/mol. The quantitative estimate of drug-likeness (QED) is 0.918. The third-order valence-electron chi connectivity index (χ3n) is 4.13. The van der Waals surface area contributed by atoms with Crippen molar-refractivity contribution in [1.29, 1.82) is 0 Å². The highest BCUT2D eigenvalue weighted by molar-refractivity contribution is 5.74. The number of likely N-dealkylation sites (N-methyl/N-ethyl adjacent to an activating group) is 1. The van der Waals surface area contributed by atoms with E-state index >= 15 is 0 Å². The Labute approximate surface area is 135 Å². The number of rotatable bonds is 4. The van der Waals surface area contributed by atoms with Crippen molar-refractivity contribution in [2.75, 3.05) is 32.7 Å². The minimum atomic E-state index is -0.0176. The van der Waals surface area contributed by atoms with E-state index in [2.05, 4.69) is 27.2 Å². The number of urea groups is 1. The third kappa shape index (κ3) is 3.68. The minimum absolute atomic E-state index is 0.0176. The van der Waals surface area contributed by atoms with Gasteiger partial charge in [0.05, 0.1) is 0 Å². The molecule has 2 aromatic rings. The van der Waals surface area contributed by atoms with Gasteiger partial charge in [-0.05, 0) is 18.7 Å². The van der Waals surface area contributed by atoms with Crippen LogP contribution in [0.25, 0.3) is 5.82 Å². The molecule has 1 fully saturated rings. The van der Waals surface area contributed by atoms with Crippen molar-refractivity contribution in [2.45, 2.75) is 13.5 Å². The summed E-state index contributed by atoms with van der Waals surface area (Å²) in [6.45, 7) is 7.06. The summed E-state index contributed by atoms with van der Waals surface area (Å²) in [4.78, 5) is 20.9. The molecule has 0 radical (unpaired) electrons. The number of aromatic nitrogens is 3. The molecular formula is C16H22N6O. The third-order valence-corrected chi connectivity index (χ3v) is 4.13. The molecule has 3 rings (SSSR count). The van der Waals surface area contributed by atoms with Crippen molar-refractivity contribution in [3.63, 3.8) is 0 Å². The van der Waals surface area contributed by atoms with Crippen LogP contribution in [0.5, 0.6) is 0 Å². The van der Waals surface area contributed by atoms with Crippen LogP contribution < -0.4 is 5.32 Å². The van der Waals surface area contributed by atoms with E-state index in [4.69, 9.17) is 0 Å². The molecule has 122 valence electrons. The molecule has 1 aliphatic heterocycles. The van der Waals surface area contributed by atoms with Gasteiger partial charge in [0.25, 0.3) is 0 Å². The van der Waals surface area contributed by atoms with E-state index < -0.39 is 0 Å². The van der Waals surface area contributed by atoms with Gasteiger partial charge in [0, 0.05) is 56.9 Å². The van der Waals surface area contributed by atoms with E-state index in [1.165, 1.54) is 0 Å². The van der Waals surface area contributed by atoms with Gasteiger partial charge < -0.3 is 15.1 Å². The molecule has 2 aromatic heterocycles. The molecule has 1 N–H and O–H groups in total. The normalized spacial score (nSPS) is 15.6. The molecule has 7 nitrogen and oxygen atoms in total. The number of piperazine rings is 1. The highest BCUT2D eigenvalue weighted by Crippen LogP contribution is 2.10. The summed E-state index contributed by atoms with van der Waals surface area (Å²) in [5.41, 5.74) is 0.941. The van der Waals surface area contributed by atoms with Crippen LogP contribution in [0.1, 0.15) is 12.5 Å². The fraction of sp³-hybridized carbons (Fsp3) is 0.438. The summed E-state index contributed by atoms with van der Waals surface area (Å²) in [6, 6.07) is 5.66. The number of pyridine rings is 1. The van der Waals surface area contributed by atoms with Gasteiger partial charge in [-0.15, -0.1) is 0 Å². The lowest BCUT2D eigenvalue weighted by Gasteiger charge is -2.34. The van der Waals surface area contributed by atoms with E-state index in [1.54, 1.807) is 17.1 Å². The van der Waals surface area contributed by atoms with E-state index in [0.717, 1.165) is 44.1 Å². The van der Waals surface area contributed by atoms with Crippen LogP contribution in [0.3, 0.4) is 0 Å². The number of carbonyl (C=O) groups excluding carboxylic acids is 1. The van der Waals surface area contributed by atoms with E-state index in [0.29, 0.717) is 6.54 Å². The van der Waals surface area contributed by atoms with E-state index in [-0.39, 0.29) is 6.03 Å². The average molecular weight is 314 g/mol. The summed E-state index contributed by atoms with van der Waals surface area (Å²) in [5, 5.41) is 7.20. The molecule has 1 aliphatic rings. The maximum atomic E-state index is 12.3. The number of nitrogens with zero attached hydrogens (tertiary/aromatic N) is 5. The first-order valence-electron chi connectivity index (χ1n) is 7.97. The van der Waals surface area contributed by atoms with Gasteiger partial charge in [-0.25, -0.2) is 14.5 Å². The summed E-state index contributed by atoms with van der Waals surface area (Å²) < 4.78 is 1.71. The van der Waals surface area contributed by atoms with Crippen molar-refractivity contribution in [3.8, 4) is 5.82 Å². The number of amides is 2. The van der Waals surface area contributed by atoms with Crippen molar-refractivity contribution in [1.82, 2.24) is 29.9 Å². The maximum Gasteiger partial charge on any atom is 0.317 e. The topological polar surface area (TPSA) is 66.3 Å². The van der Waals surface area contributed by atoms with Gasteiger partial charge in [0.1, 0.15) is 0 Å². The Morgan fingerprint density at radius 2 is 2.04 bits per heavy atom. The monoisotopic (exact) mass is 314 g/mol. The van der Waals surface area contributed by atoms with Crippen molar-refractivity contribution >= 4 is 6.03 Å². The zero-order chi connectivity index (χ0) is 16.1. The summed E-state index contributed by atoms with van der Waals surface area (Å²) in [7, 11) is 0. The smallest absolute Gasteiger partial charge is 0.317 e. The van der Waals surface area contributed by atoms with Crippen LogP contribution >= 0.6 is 0 Å². The Kier molecular flexibility index (Phi) is 4.87. The lowest BCUT2D eigenvalue weighted by Crippen LogP contribution is -2.51. The molecule has 23 heavy (non-hydrogen) atoms. The Hall–Kier alpha value is -2.41. The first-order chi connectivity index (χ1) is 11.3. The lowest BCUT2D eigenvalue weighted by molar-refractivity contribution is 0.142. The largest absolute Gasteiger partial charge is 0.334 e. The Bertz CT molecular complexity index is 634. The van der Waals surface area contributed by atoms with Crippen LogP contribution in [0, 0.1) is 0 Å². The summed E-state index contributed by atoms with van der Waals surface area (Å²) in [5.74, 6) is 0.744. The van der Waals surface area contributed by atoms with Crippen LogP contribution in [-0.4, -0.2) is 63.3 Å². The molecular weight excluding hydrogens is 292 g/mol. The molecule has 3 heterocycles. The second-order valence-corrected chi connectivity index (χ2v) is 5.52. The maximum absolute atomic E-state index is 12.3. The highest BCUT2D eigenvalue weighted by atomic mass is 16.2. The lowest BCUT2D eigenvalue weighted by atomic mass is 10.2. The number of hydrogen-bond donors (Lipinski definition) is 1. The van der Waals surface area contributed by atoms with Gasteiger partial charge >= 0.3 is 6.03 Å². The zero-order valence-electron chi connectivity index (χ0n) is 13.4. The molecule has 0 aromatic carbocycles. The highest BCUT2D eigenvalue weighted by Gasteiger charge is 2.20. The molecule has 0 aliphatic carbocycles. The number of carbonyl (C=O) groups is 1. The average Bonchev–Trinajstić information content (AvgIpc) is 3.14. The SMILES string of the molecule is CCN1CCN(C(=O)NCc2cccnc2-n2cccn2)CC1. The Morgan fingerprint density at radius 1 is 1.22 bits per heavy atom. The van der Waals surface area contributed by atoms with Crippen molar-refractivity contribution in [2.24, 2.45) is 0 Å².